The third-order valence-electron chi connectivity index (χ3n) is 2.95. The molecule has 0 bridgehead atoms. The number of nitrogens with one attached hydrogen (secondary N) is 1. The summed E-state index contributed by atoms with van der Waals surface area (Å²) < 4.78 is 42.2. The van der Waals surface area contributed by atoms with Gasteiger partial charge in [-0.05, 0) is 12.5 Å². The molecule has 2 aromatic rings. The molecule has 1 amide bonds. The van der Waals surface area contributed by atoms with Crippen LogP contribution in [0.3, 0.4) is 0 Å². The Kier molecular flexibility index (Phi) is 5.38. The van der Waals surface area contributed by atoms with Gasteiger partial charge in [0.2, 0.25) is 0 Å². The maximum atomic E-state index is 12.0. The second-order valence-electron chi connectivity index (χ2n) is 4.97. The highest BCUT2D eigenvalue weighted by molar-refractivity contribution is 5.93. The van der Waals surface area contributed by atoms with Crippen molar-refractivity contribution in [3.63, 3.8) is 0 Å². The number of nitrogens with zero attached hydrogens (tertiary/aromatic N) is 2. The highest BCUT2D eigenvalue weighted by Gasteiger charge is 2.30. The van der Waals surface area contributed by atoms with E-state index in [1.807, 2.05) is 30.3 Å². The highest BCUT2D eigenvalue weighted by Crippen LogP contribution is 2.16. The first-order valence-electron chi connectivity index (χ1n) is 6.89. The minimum absolute atomic E-state index is 0.397. The fourth-order valence-electron chi connectivity index (χ4n) is 1.82. The van der Waals surface area contributed by atoms with Crippen molar-refractivity contribution in [3.8, 4) is 0 Å². The van der Waals surface area contributed by atoms with Crippen LogP contribution >= 0.6 is 0 Å². The predicted octanol–water partition coefficient (Wildman–Crippen LogP) is 2.84. The van der Waals surface area contributed by atoms with E-state index in [2.05, 4.69) is 15.2 Å². The Morgan fingerprint density at radius 2 is 2.04 bits per heavy atom. The average Bonchev–Trinajstić information content (AvgIpc) is 2.92. The number of anilines is 1. The van der Waals surface area contributed by atoms with Crippen LogP contribution in [-0.2, 0) is 16.1 Å². The van der Waals surface area contributed by atoms with Crippen molar-refractivity contribution in [2.24, 2.45) is 0 Å². The van der Waals surface area contributed by atoms with E-state index in [0.29, 0.717) is 12.2 Å². The summed E-state index contributed by atoms with van der Waals surface area (Å²) in [6.45, 7) is 0.321. The van der Waals surface area contributed by atoms with Crippen molar-refractivity contribution in [2.45, 2.75) is 25.7 Å². The molecular formula is C15H16F3N3O2. The van der Waals surface area contributed by atoms with Crippen molar-refractivity contribution in [2.75, 3.05) is 11.9 Å². The van der Waals surface area contributed by atoms with Gasteiger partial charge in [-0.25, -0.2) is 0 Å². The Morgan fingerprint density at radius 3 is 2.70 bits per heavy atom. The van der Waals surface area contributed by atoms with E-state index in [-0.39, 0.29) is 0 Å². The Labute approximate surface area is 131 Å². The Balaban J connectivity index is 1.87. The molecule has 5 nitrogen and oxygen atoms in total. The number of carbonyl (C=O) groups is 1. The van der Waals surface area contributed by atoms with E-state index in [0.717, 1.165) is 5.56 Å². The largest absolute Gasteiger partial charge is 0.411 e. The number of hydrogen-bond acceptors (Lipinski definition) is 3. The lowest BCUT2D eigenvalue weighted by Crippen LogP contribution is -2.31. The first-order valence-corrected chi connectivity index (χ1v) is 6.89. The van der Waals surface area contributed by atoms with Gasteiger partial charge in [-0.3, -0.25) is 9.48 Å². The van der Waals surface area contributed by atoms with Crippen molar-refractivity contribution in [1.82, 2.24) is 9.78 Å². The van der Waals surface area contributed by atoms with E-state index in [1.165, 1.54) is 13.1 Å². The molecule has 0 unspecified atom stereocenters. The lowest BCUT2D eigenvalue weighted by molar-refractivity contribution is -0.184. The predicted molar refractivity (Wildman–Crippen MR) is 77.9 cm³/mol. The van der Waals surface area contributed by atoms with Gasteiger partial charge in [0.25, 0.3) is 5.91 Å². The molecule has 1 aromatic carbocycles. The van der Waals surface area contributed by atoms with Gasteiger partial charge in [-0.2, -0.15) is 18.3 Å². The second kappa shape index (κ2) is 7.28. The normalized spacial score (nSPS) is 12.9. The summed E-state index contributed by atoms with van der Waals surface area (Å²) in [7, 11) is 0. The van der Waals surface area contributed by atoms with Gasteiger partial charge in [0.05, 0.1) is 18.4 Å². The van der Waals surface area contributed by atoms with Gasteiger partial charge in [-0.1, -0.05) is 30.3 Å². The van der Waals surface area contributed by atoms with Crippen molar-refractivity contribution < 1.29 is 22.7 Å². The van der Waals surface area contributed by atoms with Crippen LogP contribution in [-0.4, -0.2) is 34.6 Å². The van der Waals surface area contributed by atoms with Gasteiger partial charge >= 0.3 is 6.18 Å². The third kappa shape index (κ3) is 5.74. The monoisotopic (exact) mass is 327 g/mol. The Hall–Kier alpha value is -2.35. The topological polar surface area (TPSA) is 56.1 Å². The van der Waals surface area contributed by atoms with Crippen LogP contribution in [0.15, 0.2) is 42.7 Å². The van der Waals surface area contributed by atoms with Gasteiger partial charge in [0, 0.05) is 6.20 Å². The van der Waals surface area contributed by atoms with E-state index in [4.69, 9.17) is 0 Å². The summed E-state index contributed by atoms with van der Waals surface area (Å²) in [6, 6.07) is 9.59. The molecule has 1 aromatic heterocycles. The van der Waals surface area contributed by atoms with E-state index in [1.54, 1.807) is 10.9 Å². The third-order valence-corrected chi connectivity index (χ3v) is 2.95. The zero-order valence-corrected chi connectivity index (χ0v) is 12.4. The standard InChI is InChI=1S/C15H16F3N3O2/c1-11(23-10-15(16,17)18)14(22)20-13-7-19-21(9-13)8-12-5-3-2-4-6-12/h2-7,9,11H,8,10H2,1H3,(H,20,22)/t11-/m1/s1. The molecule has 8 heteroatoms. The molecule has 0 saturated carbocycles. The quantitative estimate of drug-likeness (QED) is 0.888. The smallest absolute Gasteiger partial charge is 0.359 e. The van der Waals surface area contributed by atoms with Crippen LogP contribution in [0.1, 0.15) is 12.5 Å². The van der Waals surface area contributed by atoms with Crippen LogP contribution in [0, 0.1) is 0 Å². The molecular weight excluding hydrogens is 311 g/mol. The summed E-state index contributed by atoms with van der Waals surface area (Å²) >= 11 is 0. The summed E-state index contributed by atoms with van der Waals surface area (Å²) in [4.78, 5) is 11.8. The summed E-state index contributed by atoms with van der Waals surface area (Å²) in [5.74, 6) is -0.659. The van der Waals surface area contributed by atoms with E-state index in [9.17, 15) is 18.0 Å². The number of alkyl halides is 3. The maximum Gasteiger partial charge on any atom is 0.411 e. The number of benzene rings is 1. The summed E-state index contributed by atoms with van der Waals surface area (Å²) in [6.07, 6.45) is -2.65. The SMILES string of the molecule is C[C@@H](OCC(F)(F)F)C(=O)Nc1cnn(Cc2ccccc2)c1. The molecule has 1 atom stereocenters. The van der Waals surface area contributed by atoms with Crippen molar-refractivity contribution in [1.29, 1.82) is 0 Å². The summed E-state index contributed by atoms with van der Waals surface area (Å²) in [5.41, 5.74) is 1.43. The fourth-order valence-corrected chi connectivity index (χ4v) is 1.82. The van der Waals surface area contributed by atoms with E-state index < -0.39 is 24.8 Å². The number of ether oxygens (including phenoxy) is 1. The average molecular weight is 327 g/mol. The molecule has 0 saturated heterocycles. The first-order chi connectivity index (χ1) is 10.8. The zero-order valence-electron chi connectivity index (χ0n) is 12.4. The fraction of sp³-hybridized carbons (Fsp3) is 0.333. The molecule has 124 valence electrons. The molecule has 1 N–H and O–H groups in total. The highest BCUT2D eigenvalue weighted by atomic mass is 19.4. The minimum atomic E-state index is -4.46. The van der Waals surface area contributed by atoms with Gasteiger partial charge in [-0.15, -0.1) is 0 Å². The van der Waals surface area contributed by atoms with Crippen LogP contribution in [0.2, 0.25) is 0 Å². The number of aromatic nitrogens is 2. The lowest BCUT2D eigenvalue weighted by atomic mass is 10.2. The maximum absolute atomic E-state index is 12.0. The van der Waals surface area contributed by atoms with Crippen LogP contribution in [0.25, 0.3) is 0 Å². The number of rotatable bonds is 6. The molecule has 2 rings (SSSR count). The molecule has 0 fully saturated rings. The Morgan fingerprint density at radius 1 is 1.35 bits per heavy atom. The Bertz CT molecular complexity index is 641. The van der Waals surface area contributed by atoms with Crippen molar-refractivity contribution in [3.05, 3.63) is 48.3 Å². The molecule has 0 spiro atoms. The molecule has 0 aliphatic carbocycles. The van der Waals surface area contributed by atoms with Gasteiger partial charge < -0.3 is 10.1 Å². The molecule has 0 aliphatic rings. The summed E-state index contributed by atoms with van der Waals surface area (Å²) in [5, 5.41) is 6.56. The van der Waals surface area contributed by atoms with Crippen LogP contribution in [0.4, 0.5) is 18.9 Å². The van der Waals surface area contributed by atoms with E-state index >= 15 is 0 Å². The number of carbonyl (C=O) groups excluding carboxylic acids is 1. The van der Waals surface area contributed by atoms with Gasteiger partial charge in [0.15, 0.2) is 0 Å². The molecule has 1 heterocycles. The van der Waals surface area contributed by atoms with Crippen LogP contribution < -0.4 is 5.32 Å². The molecule has 0 radical (unpaired) electrons. The van der Waals surface area contributed by atoms with Crippen LogP contribution in [0.5, 0.6) is 0 Å². The molecule has 0 aliphatic heterocycles. The van der Waals surface area contributed by atoms with Gasteiger partial charge in [0.1, 0.15) is 12.7 Å². The zero-order chi connectivity index (χ0) is 16.9. The number of amides is 1. The second-order valence-corrected chi connectivity index (χ2v) is 4.97. The molecule has 23 heavy (non-hydrogen) atoms. The number of hydrogen-bond donors (Lipinski definition) is 1. The minimum Gasteiger partial charge on any atom is -0.359 e. The number of halogens is 3. The van der Waals surface area contributed by atoms with Crippen molar-refractivity contribution >= 4 is 11.6 Å². The lowest BCUT2D eigenvalue weighted by Gasteiger charge is -2.13. The first kappa shape index (κ1) is 17.0.